The summed E-state index contributed by atoms with van der Waals surface area (Å²) >= 11 is 3.57. The molecule has 1 N–H and O–H groups in total. The van der Waals surface area contributed by atoms with Crippen molar-refractivity contribution in [3.8, 4) is 5.75 Å². The molecule has 3 aromatic rings. The molecule has 3 nitrogen and oxygen atoms in total. The molecule has 0 fully saturated rings. The number of aromatic hydroxyl groups is 1. The number of para-hydroxylation sites is 1. The Morgan fingerprint density at radius 1 is 0.879 bits per heavy atom. The molecule has 1 aromatic heterocycles. The topological polar surface area (TPSA) is 50.4 Å². The van der Waals surface area contributed by atoms with E-state index in [-0.39, 0.29) is 11.4 Å². The van der Waals surface area contributed by atoms with Crippen molar-refractivity contribution in [1.29, 1.82) is 0 Å². The van der Waals surface area contributed by atoms with Gasteiger partial charge in [-0.15, -0.1) is 0 Å². The summed E-state index contributed by atoms with van der Waals surface area (Å²) in [4.78, 5) is 13.5. The van der Waals surface area contributed by atoms with Gasteiger partial charge in [-0.25, -0.2) is 4.79 Å². The van der Waals surface area contributed by atoms with Gasteiger partial charge in [0.05, 0.1) is 23.9 Å². The van der Waals surface area contributed by atoms with E-state index < -0.39 is 12.9 Å². The zero-order valence-corrected chi connectivity index (χ0v) is 22.6. The summed E-state index contributed by atoms with van der Waals surface area (Å²) < 4.78 is 6.81. The van der Waals surface area contributed by atoms with Crippen molar-refractivity contribution in [3.63, 3.8) is 0 Å². The molecule has 0 amide bonds. The quantitative estimate of drug-likeness (QED) is 0.187. The van der Waals surface area contributed by atoms with E-state index in [1.165, 1.54) is 0 Å². The average Bonchev–Trinajstić information content (AvgIpc) is 2.82. The number of hydrogen-bond acceptors (Lipinski definition) is 3. The van der Waals surface area contributed by atoms with Gasteiger partial charge < -0.3 is 9.52 Å². The number of benzene rings is 2. The van der Waals surface area contributed by atoms with Gasteiger partial charge in [0.1, 0.15) is 22.6 Å². The first-order chi connectivity index (χ1) is 16.0. The summed E-state index contributed by atoms with van der Waals surface area (Å²) in [6, 6.07) is 15.7. The van der Waals surface area contributed by atoms with Gasteiger partial charge in [0, 0.05) is 11.7 Å². The SMILES string of the molecule is CCCC[P+](CCCC)(CCCC)[C@H](c1ccc(Br)cc1)c1c(O)c2ccccc2oc1=O. The molecule has 0 radical (unpaired) electrons. The first kappa shape index (κ1) is 26.0. The van der Waals surface area contributed by atoms with Crippen LogP contribution in [0, 0.1) is 0 Å². The summed E-state index contributed by atoms with van der Waals surface area (Å²) in [5.74, 6) is 0.101. The van der Waals surface area contributed by atoms with E-state index in [9.17, 15) is 9.90 Å². The third-order valence-corrected chi connectivity index (χ3v) is 12.5. The lowest BCUT2D eigenvalue weighted by Gasteiger charge is -2.36. The van der Waals surface area contributed by atoms with Crippen molar-refractivity contribution < 1.29 is 9.52 Å². The molecule has 0 aliphatic carbocycles. The largest absolute Gasteiger partial charge is 0.506 e. The van der Waals surface area contributed by atoms with Gasteiger partial charge in [0.25, 0.3) is 0 Å². The van der Waals surface area contributed by atoms with Crippen molar-refractivity contribution >= 4 is 34.2 Å². The second kappa shape index (κ2) is 12.2. The molecule has 0 aliphatic heterocycles. The molecule has 0 unspecified atom stereocenters. The number of unbranched alkanes of at least 4 members (excludes halogenated alkanes) is 3. The zero-order valence-electron chi connectivity index (χ0n) is 20.1. The van der Waals surface area contributed by atoms with Crippen LogP contribution in [0.4, 0.5) is 0 Å². The van der Waals surface area contributed by atoms with Crippen molar-refractivity contribution in [2.75, 3.05) is 18.5 Å². The maximum atomic E-state index is 13.5. The molecule has 33 heavy (non-hydrogen) atoms. The molecule has 0 bridgehead atoms. The van der Waals surface area contributed by atoms with E-state index in [1.807, 2.05) is 18.2 Å². The summed E-state index contributed by atoms with van der Waals surface area (Å²) in [5.41, 5.74) is 1.52. The number of hydrogen-bond donors (Lipinski definition) is 1. The van der Waals surface area contributed by atoms with E-state index in [4.69, 9.17) is 4.42 Å². The fourth-order valence-corrected chi connectivity index (χ4v) is 11.1. The summed E-state index contributed by atoms with van der Waals surface area (Å²) in [6.07, 6.45) is 10.2. The van der Waals surface area contributed by atoms with Crippen molar-refractivity contribution in [3.05, 3.63) is 74.6 Å². The highest BCUT2D eigenvalue weighted by molar-refractivity contribution is 9.10. The fourth-order valence-electron chi connectivity index (χ4n) is 4.93. The van der Waals surface area contributed by atoms with Gasteiger partial charge in [-0.2, -0.15) is 0 Å². The fraction of sp³-hybridized carbons (Fsp3) is 0.464. The highest BCUT2D eigenvalue weighted by Gasteiger charge is 2.48. The number of rotatable bonds is 12. The molecular formula is C28H37BrO3P+. The molecule has 0 spiro atoms. The standard InChI is InChI=1S/C28H36BrO3P/c1-4-7-18-33(19-8-5-2,20-9-6-3)27(21-14-16-22(29)17-15-21)25-26(30)23-12-10-11-13-24(23)32-28(25)31/h10-17,27H,4-9,18-20H2,1-3H3/p+1/t27-/m1/s1. The highest BCUT2D eigenvalue weighted by Crippen LogP contribution is 2.73. The Hall–Kier alpha value is -1.64. The first-order valence-corrected chi connectivity index (χ1v) is 15.5. The minimum atomic E-state index is -1.68. The average molecular weight is 532 g/mol. The molecular weight excluding hydrogens is 495 g/mol. The summed E-state index contributed by atoms with van der Waals surface area (Å²) in [5, 5.41) is 12.1. The Balaban J connectivity index is 2.33. The minimum absolute atomic E-state index is 0.101. The number of halogens is 1. The van der Waals surface area contributed by atoms with Crippen molar-refractivity contribution in [2.45, 2.75) is 65.0 Å². The molecule has 0 saturated heterocycles. The Kier molecular flexibility index (Phi) is 9.58. The lowest BCUT2D eigenvalue weighted by atomic mass is 10.0. The van der Waals surface area contributed by atoms with E-state index in [0.717, 1.165) is 67.0 Å². The molecule has 1 heterocycles. The first-order valence-electron chi connectivity index (χ1n) is 12.3. The predicted octanol–water partition coefficient (Wildman–Crippen LogP) is 8.77. The van der Waals surface area contributed by atoms with E-state index in [1.54, 1.807) is 6.07 Å². The van der Waals surface area contributed by atoms with E-state index in [2.05, 4.69) is 61.0 Å². The molecule has 2 aromatic carbocycles. The van der Waals surface area contributed by atoms with Gasteiger partial charge in [0.2, 0.25) is 0 Å². The van der Waals surface area contributed by atoms with Crippen LogP contribution < -0.4 is 5.63 Å². The minimum Gasteiger partial charge on any atom is -0.506 e. The van der Waals surface area contributed by atoms with Gasteiger partial charge in [0.15, 0.2) is 0 Å². The molecule has 0 saturated carbocycles. The molecule has 3 rings (SSSR count). The van der Waals surface area contributed by atoms with Crippen LogP contribution >= 0.6 is 23.2 Å². The highest BCUT2D eigenvalue weighted by atomic mass is 79.9. The second-order valence-electron chi connectivity index (χ2n) is 9.05. The van der Waals surface area contributed by atoms with Gasteiger partial charge in [-0.1, -0.05) is 80.2 Å². The van der Waals surface area contributed by atoms with Crippen LogP contribution in [-0.4, -0.2) is 23.6 Å². The molecule has 178 valence electrons. The number of fused-ring (bicyclic) bond motifs is 1. The molecule has 5 heteroatoms. The van der Waals surface area contributed by atoms with E-state index in [0.29, 0.717) is 16.5 Å². The second-order valence-corrected chi connectivity index (χ2v) is 14.3. The Labute approximate surface area is 207 Å². The maximum absolute atomic E-state index is 13.5. The molecule has 0 aliphatic rings. The zero-order chi connectivity index (χ0) is 23.8. The smallest absolute Gasteiger partial charge is 0.347 e. The van der Waals surface area contributed by atoms with Crippen LogP contribution in [0.15, 0.2) is 62.2 Å². The normalized spacial score (nSPS) is 12.8. The van der Waals surface area contributed by atoms with Gasteiger partial charge in [-0.3, -0.25) is 0 Å². The monoisotopic (exact) mass is 531 g/mol. The Bertz CT molecular complexity index is 1070. The van der Waals surface area contributed by atoms with Gasteiger partial charge >= 0.3 is 5.63 Å². The van der Waals surface area contributed by atoms with Crippen LogP contribution in [0.5, 0.6) is 5.75 Å². The van der Waals surface area contributed by atoms with Crippen molar-refractivity contribution in [1.82, 2.24) is 0 Å². The molecule has 1 atom stereocenters. The maximum Gasteiger partial charge on any atom is 0.347 e. The van der Waals surface area contributed by atoms with Crippen LogP contribution in [0.3, 0.4) is 0 Å². The summed E-state index contributed by atoms with van der Waals surface area (Å²) in [6.45, 7) is 6.72. The van der Waals surface area contributed by atoms with Gasteiger partial charge in [-0.05, 0) is 49.1 Å². The third kappa shape index (κ3) is 5.89. The van der Waals surface area contributed by atoms with Crippen LogP contribution in [-0.2, 0) is 0 Å². The lowest BCUT2D eigenvalue weighted by molar-refractivity contribution is 0.457. The lowest BCUT2D eigenvalue weighted by Crippen LogP contribution is -2.23. The van der Waals surface area contributed by atoms with E-state index >= 15 is 0 Å². The van der Waals surface area contributed by atoms with Crippen LogP contribution in [0.2, 0.25) is 0 Å². The van der Waals surface area contributed by atoms with Crippen LogP contribution in [0.1, 0.15) is 76.1 Å². The Morgan fingerprint density at radius 3 is 1.97 bits per heavy atom. The third-order valence-electron chi connectivity index (χ3n) is 6.70. The summed E-state index contributed by atoms with van der Waals surface area (Å²) in [7, 11) is -1.68. The van der Waals surface area contributed by atoms with Crippen LogP contribution in [0.25, 0.3) is 11.0 Å². The van der Waals surface area contributed by atoms with Crippen molar-refractivity contribution in [2.24, 2.45) is 0 Å². The Morgan fingerprint density at radius 2 is 1.42 bits per heavy atom. The predicted molar refractivity (Wildman–Crippen MR) is 146 cm³/mol.